The van der Waals surface area contributed by atoms with E-state index < -0.39 is 31.4 Å². The van der Waals surface area contributed by atoms with Crippen molar-refractivity contribution in [2.24, 2.45) is 12.5 Å². The number of fused-ring (bicyclic) bond motifs is 4. The minimum atomic E-state index is -2.35. The fraction of sp³-hybridized carbons (Fsp3) is 0.303. The van der Waals surface area contributed by atoms with E-state index in [9.17, 15) is 0 Å². The van der Waals surface area contributed by atoms with Crippen LogP contribution in [0.25, 0.3) is 44.3 Å². The molecule has 3 aromatic carbocycles. The van der Waals surface area contributed by atoms with Crippen molar-refractivity contribution in [3.05, 3.63) is 83.6 Å². The van der Waals surface area contributed by atoms with Crippen molar-refractivity contribution in [3.63, 3.8) is 0 Å². The maximum absolute atomic E-state index is 8.91. The second-order valence-electron chi connectivity index (χ2n) is 11.7. The number of hydrogen-bond acceptors (Lipinski definition) is 1. The molecule has 0 radical (unpaired) electrons. The predicted octanol–water partition coefficient (Wildman–Crippen LogP) is 7.72. The van der Waals surface area contributed by atoms with E-state index in [-0.39, 0.29) is 0 Å². The fourth-order valence-electron chi connectivity index (χ4n) is 5.65. The number of nitrogens with zero attached hydrogens (tertiary/aromatic N) is 1. The van der Waals surface area contributed by atoms with Crippen molar-refractivity contribution in [1.29, 1.82) is 0 Å². The molecule has 5 aromatic rings. The molecule has 1 aliphatic carbocycles. The van der Waals surface area contributed by atoms with Crippen LogP contribution in [-0.4, -0.2) is 13.3 Å². The van der Waals surface area contributed by atoms with Crippen molar-refractivity contribution in [1.82, 2.24) is 0 Å². The van der Waals surface area contributed by atoms with Gasteiger partial charge in [0.25, 0.3) is 0 Å². The molecule has 2 heterocycles. The Kier molecular flexibility index (Phi) is 4.33. The summed E-state index contributed by atoms with van der Waals surface area (Å²) in [7, 11) is 2.06. The Morgan fingerprint density at radius 3 is 2.44 bits per heavy atom. The summed E-state index contributed by atoms with van der Waals surface area (Å²) in [5.41, 5.74) is 6.45. The van der Waals surface area contributed by atoms with Gasteiger partial charge in [0.05, 0.1) is 0 Å². The van der Waals surface area contributed by atoms with Crippen molar-refractivity contribution in [2.45, 2.75) is 50.8 Å². The molecule has 2 aromatic heterocycles. The van der Waals surface area contributed by atoms with Gasteiger partial charge in [0.15, 0.2) is 0 Å². The molecule has 6 rings (SSSR count). The van der Waals surface area contributed by atoms with Crippen molar-refractivity contribution >= 4 is 39.6 Å². The van der Waals surface area contributed by atoms with Crippen LogP contribution in [0.2, 0.25) is 17.3 Å². The molecular formula is C33H36GeNO+. The molecule has 3 heteroatoms. The summed E-state index contributed by atoms with van der Waals surface area (Å²) in [5.74, 6) is 7.24. The summed E-state index contributed by atoms with van der Waals surface area (Å²) in [6, 6.07) is 20.4. The zero-order valence-corrected chi connectivity index (χ0v) is 24.3. The number of aryl methyl sites for hydroxylation is 2. The number of rotatable bonds is 3. The van der Waals surface area contributed by atoms with Gasteiger partial charge in [-0.05, 0) is 0 Å². The van der Waals surface area contributed by atoms with E-state index in [1.54, 1.807) is 19.9 Å². The summed E-state index contributed by atoms with van der Waals surface area (Å²) in [6.07, 6.45) is -1.53. The molecular weight excluding hydrogens is 499 g/mol. The standard InChI is InChI=1S/C33H36GeNO/c1-21-17-27(34(4,5)6)30-26-12-10-11-25(22-14-15-23-19-33(2,3)20-24(23)18-22)31(26)36-32(30)29(21)28-13-8-9-16-35(28)7/h8-18H,19-20H2,1-7H3/q+1/i19D2,20D2. The number of hydrogen-bond donors (Lipinski definition) is 0. The molecule has 0 N–H and O–H groups in total. The van der Waals surface area contributed by atoms with Crippen LogP contribution in [0.5, 0.6) is 0 Å². The first-order valence-electron chi connectivity index (χ1n) is 14.7. The Hall–Kier alpha value is -2.85. The number of furan rings is 1. The first-order valence-corrected chi connectivity index (χ1v) is 20.0. The van der Waals surface area contributed by atoms with E-state index in [4.69, 9.17) is 9.90 Å². The van der Waals surface area contributed by atoms with Gasteiger partial charge in [-0.3, -0.25) is 0 Å². The molecule has 0 bridgehead atoms. The fourth-order valence-corrected chi connectivity index (χ4v) is 9.11. The molecule has 0 saturated heterocycles. The Morgan fingerprint density at radius 1 is 0.917 bits per heavy atom. The zero-order valence-electron chi connectivity index (χ0n) is 26.2. The molecule has 0 spiro atoms. The molecule has 36 heavy (non-hydrogen) atoms. The predicted molar refractivity (Wildman–Crippen MR) is 155 cm³/mol. The summed E-state index contributed by atoms with van der Waals surface area (Å²) in [5, 5.41) is 2.25. The number of benzene rings is 3. The van der Waals surface area contributed by atoms with Gasteiger partial charge in [-0.15, -0.1) is 0 Å². The van der Waals surface area contributed by atoms with Gasteiger partial charge in [-0.1, -0.05) is 0 Å². The van der Waals surface area contributed by atoms with Crippen LogP contribution in [0, 0.1) is 12.3 Å². The Balaban J connectivity index is 1.69. The van der Waals surface area contributed by atoms with E-state index in [0.29, 0.717) is 11.1 Å². The molecule has 0 fully saturated rings. The van der Waals surface area contributed by atoms with E-state index in [1.807, 2.05) is 24.3 Å². The molecule has 1 aliphatic rings. The maximum atomic E-state index is 8.91. The van der Waals surface area contributed by atoms with Crippen LogP contribution < -0.4 is 8.96 Å². The van der Waals surface area contributed by atoms with E-state index in [0.717, 1.165) is 38.9 Å². The van der Waals surface area contributed by atoms with Gasteiger partial charge in [0.2, 0.25) is 0 Å². The number of para-hydroxylation sites is 1. The van der Waals surface area contributed by atoms with Gasteiger partial charge >= 0.3 is 223 Å². The number of pyridine rings is 1. The molecule has 182 valence electrons. The molecule has 2 nitrogen and oxygen atoms in total. The first kappa shape index (κ1) is 19.3. The van der Waals surface area contributed by atoms with Crippen LogP contribution in [0.3, 0.4) is 0 Å². The van der Waals surface area contributed by atoms with Crippen molar-refractivity contribution in [2.75, 3.05) is 0 Å². The Labute approximate surface area is 222 Å². The van der Waals surface area contributed by atoms with Crippen molar-refractivity contribution < 1.29 is 14.5 Å². The third-order valence-corrected chi connectivity index (χ3v) is 11.5. The minimum absolute atomic E-state index is 0.423. The number of aromatic nitrogens is 1. The third-order valence-electron chi connectivity index (χ3n) is 7.31. The topological polar surface area (TPSA) is 17.0 Å². The quantitative estimate of drug-likeness (QED) is 0.170. The van der Waals surface area contributed by atoms with Gasteiger partial charge < -0.3 is 0 Å². The first-order chi connectivity index (χ1) is 18.6. The Morgan fingerprint density at radius 2 is 1.69 bits per heavy atom. The van der Waals surface area contributed by atoms with Crippen molar-refractivity contribution in [3.8, 4) is 22.4 Å². The summed E-state index contributed by atoms with van der Waals surface area (Å²) in [4.78, 5) is 0. The monoisotopic (exact) mass is 540 g/mol. The van der Waals surface area contributed by atoms with Crippen LogP contribution in [0.15, 0.2) is 71.3 Å². The van der Waals surface area contributed by atoms with Gasteiger partial charge in [-0.2, -0.15) is 0 Å². The second-order valence-corrected chi connectivity index (χ2v) is 22.3. The molecule has 0 aliphatic heterocycles. The van der Waals surface area contributed by atoms with E-state index >= 15 is 0 Å². The average Bonchev–Trinajstić information content (AvgIpc) is 3.30. The van der Waals surface area contributed by atoms with Crippen LogP contribution in [-0.2, 0) is 19.8 Å². The zero-order chi connectivity index (χ0) is 29.0. The van der Waals surface area contributed by atoms with Crippen LogP contribution >= 0.6 is 0 Å². The molecule has 0 atom stereocenters. The second kappa shape index (κ2) is 8.08. The Bertz CT molecular complexity index is 1850. The van der Waals surface area contributed by atoms with Gasteiger partial charge in [0.1, 0.15) is 0 Å². The molecule has 0 unspecified atom stereocenters. The molecule has 0 saturated carbocycles. The van der Waals surface area contributed by atoms with E-state index in [2.05, 4.69) is 72.3 Å². The third kappa shape index (κ3) is 3.73. The SMILES string of the molecule is [2H]C1([2H])c2ccc(-c3cccc4c3oc3c(-c5cccc[n+]5C)c(C)c[c]([Ge]([CH3])([CH3])[CH3])c34)cc2C([2H])([2H])C1(C)C. The normalized spacial score (nSPS) is 19.5. The van der Waals surface area contributed by atoms with Crippen LogP contribution in [0.4, 0.5) is 0 Å². The van der Waals surface area contributed by atoms with Gasteiger partial charge in [0, 0.05) is 0 Å². The summed E-state index contributed by atoms with van der Waals surface area (Å²) < 4.78 is 45.7. The van der Waals surface area contributed by atoms with Crippen LogP contribution in [0.1, 0.15) is 36.0 Å². The molecule has 0 amide bonds. The van der Waals surface area contributed by atoms with Gasteiger partial charge in [-0.25, -0.2) is 0 Å². The summed E-state index contributed by atoms with van der Waals surface area (Å²) >= 11 is -2.35. The average molecular weight is 539 g/mol. The summed E-state index contributed by atoms with van der Waals surface area (Å²) in [6.45, 7) is 5.53. The van der Waals surface area contributed by atoms with E-state index in [1.165, 1.54) is 15.3 Å².